The zero-order valence-electron chi connectivity index (χ0n) is 8.47. The first kappa shape index (κ1) is 12.4. The third-order valence-corrected chi connectivity index (χ3v) is 3.68. The highest BCUT2D eigenvalue weighted by Crippen LogP contribution is 2.13. The van der Waals surface area contributed by atoms with E-state index in [-0.39, 0.29) is 11.9 Å². The van der Waals surface area contributed by atoms with Crippen LogP contribution in [0.5, 0.6) is 0 Å². The molecule has 0 aromatic carbocycles. The van der Waals surface area contributed by atoms with E-state index in [1.54, 1.807) is 0 Å². The molecule has 1 aliphatic rings. The van der Waals surface area contributed by atoms with E-state index in [0.29, 0.717) is 13.0 Å². The third kappa shape index (κ3) is 4.15. The van der Waals surface area contributed by atoms with Crippen molar-refractivity contribution in [3.63, 3.8) is 0 Å². The van der Waals surface area contributed by atoms with Crippen LogP contribution in [0.1, 0.15) is 19.8 Å². The van der Waals surface area contributed by atoms with Crippen LogP contribution in [0.2, 0.25) is 0 Å². The van der Waals surface area contributed by atoms with Gasteiger partial charge in [0.15, 0.2) is 0 Å². The van der Waals surface area contributed by atoms with Gasteiger partial charge >= 0.3 is 5.97 Å². The molecule has 1 aliphatic heterocycles. The quantitative estimate of drug-likeness (QED) is 0.676. The minimum Gasteiger partial charge on any atom is -0.480 e. The Hall–Kier alpha value is -0.660. The zero-order valence-corrected chi connectivity index (χ0v) is 9.29. The lowest BCUT2D eigenvalue weighted by Gasteiger charge is -2.13. The summed E-state index contributed by atoms with van der Waals surface area (Å²) in [5.74, 6) is -1.35. The molecule has 0 saturated carbocycles. The number of carboxylic acids is 1. The van der Waals surface area contributed by atoms with Crippen molar-refractivity contribution in [2.75, 3.05) is 12.4 Å². The molecule has 0 amide bonds. The summed E-state index contributed by atoms with van der Waals surface area (Å²) >= 11 is 0. The zero-order chi connectivity index (χ0) is 11.5. The molecule has 7 heteroatoms. The van der Waals surface area contributed by atoms with Gasteiger partial charge in [0.05, 0.1) is 11.9 Å². The Labute approximate surface area is 88.7 Å². The van der Waals surface area contributed by atoms with E-state index < -0.39 is 22.0 Å². The van der Waals surface area contributed by atoms with Crippen LogP contribution in [0.4, 0.5) is 0 Å². The molecule has 1 unspecified atom stereocenters. The van der Waals surface area contributed by atoms with E-state index in [1.165, 1.54) is 6.92 Å². The lowest BCUT2D eigenvalue weighted by atomic mass is 10.3. The van der Waals surface area contributed by atoms with Gasteiger partial charge in [-0.1, -0.05) is 0 Å². The second-order valence-electron chi connectivity index (χ2n) is 3.59. The summed E-state index contributed by atoms with van der Waals surface area (Å²) in [7, 11) is -3.57. The first-order chi connectivity index (χ1) is 6.91. The fraction of sp³-hybridized carbons (Fsp3) is 0.875. The van der Waals surface area contributed by atoms with Crippen LogP contribution in [0.15, 0.2) is 0 Å². The maximum atomic E-state index is 11.4. The second-order valence-corrected chi connectivity index (χ2v) is 5.39. The third-order valence-electron chi connectivity index (χ3n) is 2.16. The van der Waals surface area contributed by atoms with Crippen molar-refractivity contribution in [1.29, 1.82) is 0 Å². The first-order valence-corrected chi connectivity index (χ1v) is 6.40. The minimum atomic E-state index is -3.57. The Bertz CT molecular complexity index is 320. The molecule has 0 aromatic heterocycles. The number of rotatable bonds is 5. The highest BCUT2D eigenvalue weighted by molar-refractivity contribution is 7.89. The van der Waals surface area contributed by atoms with Crippen LogP contribution < -0.4 is 4.72 Å². The maximum absolute atomic E-state index is 11.4. The molecule has 2 atom stereocenters. The van der Waals surface area contributed by atoms with E-state index in [4.69, 9.17) is 9.84 Å². The molecule has 15 heavy (non-hydrogen) atoms. The largest absolute Gasteiger partial charge is 0.480 e. The molecule has 88 valence electrons. The van der Waals surface area contributed by atoms with E-state index >= 15 is 0 Å². The van der Waals surface area contributed by atoms with Gasteiger partial charge in [0.1, 0.15) is 6.04 Å². The van der Waals surface area contributed by atoms with Crippen LogP contribution in [0.3, 0.4) is 0 Å². The van der Waals surface area contributed by atoms with E-state index in [1.807, 2.05) is 0 Å². The van der Waals surface area contributed by atoms with Crippen molar-refractivity contribution in [2.45, 2.75) is 31.9 Å². The summed E-state index contributed by atoms with van der Waals surface area (Å²) < 4.78 is 30.1. The van der Waals surface area contributed by atoms with Gasteiger partial charge in [-0.3, -0.25) is 4.79 Å². The van der Waals surface area contributed by atoms with Crippen LogP contribution in [0, 0.1) is 0 Å². The van der Waals surface area contributed by atoms with Crippen LogP contribution in [0.25, 0.3) is 0 Å². The molecule has 0 bridgehead atoms. The lowest BCUT2D eigenvalue weighted by molar-refractivity contribution is -0.138. The van der Waals surface area contributed by atoms with Gasteiger partial charge in [-0.25, -0.2) is 13.1 Å². The molecular weight excluding hydrogens is 222 g/mol. The number of aliphatic carboxylic acids is 1. The molecule has 0 aliphatic carbocycles. The molecule has 2 N–H and O–H groups in total. The van der Waals surface area contributed by atoms with Crippen molar-refractivity contribution in [2.24, 2.45) is 0 Å². The molecule has 1 heterocycles. The van der Waals surface area contributed by atoms with Gasteiger partial charge in [0.2, 0.25) is 10.0 Å². The summed E-state index contributed by atoms with van der Waals surface area (Å²) in [5.41, 5.74) is 0. The summed E-state index contributed by atoms with van der Waals surface area (Å²) in [5, 5.41) is 8.55. The summed E-state index contributed by atoms with van der Waals surface area (Å²) in [6.45, 7) is 1.87. The standard InChI is InChI=1S/C8H15NO5S/c1-6(8(10)11)9-15(12,13)5-7-3-2-4-14-7/h6-7,9H,2-5H2,1H3,(H,10,11)/t6-,7?/m1/s1. The average Bonchev–Trinajstić information content (AvgIpc) is 2.54. The SMILES string of the molecule is C[C@@H](NS(=O)(=O)CC1CCCO1)C(=O)O. The molecule has 1 saturated heterocycles. The maximum Gasteiger partial charge on any atom is 0.321 e. The number of carbonyl (C=O) groups is 1. The van der Waals surface area contributed by atoms with Crippen molar-refractivity contribution < 1.29 is 23.1 Å². The molecule has 0 spiro atoms. The molecule has 1 fully saturated rings. The monoisotopic (exact) mass is 237 g/mol. The van der Waals surface area contributed by atoms with Gasteiger partial charge < -0.3 is 9.84 Å². The molecular formula is C8H15NO5S. The van der Waals surface area contributed by atoms with Gasteiger partial charge in [-0.15, -0.1) is 0 Å². The van der Waals surface area contributed by atoms with Gasteiger partial charge in [0, 0.05) is 6.61 Å². The topological polar surface area (TPSA) is 92.7 Å². The summed E-state index contributed by atoms with van der Waals surface area (Å²) in [4.78, 5) is 10.5. The average molecular weight is 237 g/mol. The summed E-state index contributed by atoms with van der Waals surface area (Å²) in [6.07, 6.45) is 1.26. The predicted octanol–water partition coefficient (Wildman–Crippen LogP) is -0.442. The van der Waals surface area contributed by atoms with Crippen molar-refractivity contribution in [1.82, 2.24) is 4.72 Å². The number of sulfonamides is 1. The first-order valence-electron chi connectivity index (χ1n) is 4.75. The Morgan fingerprint density at radius 3 is 2.80 bits per heavy atom. The van der Waals surface area contributed by atoms with Gasteiger partial charge in [-0.2, -0.15) is 0 Å². The smallest absolute Gasteiger partial charge is 0.321 e. The van der Waals surface area contributed by atoms with Crippen molar-refractivity contribution in [3.05, 3.63) is 0 Å². The normalized spacial score (nSPS) is 23.9. The Morgan fingerprint density at radius 2 is 2.33 bits per heavy atom. The second kappa shape index (κ2) is 4.91. The number of ether oxygens (including phenoxy) is 1. The van der Waals surface area contributed by atoms with Crippen LogP contribution in [-0.4, -0.2) is 44.0 Å². The van der Waals surface area contributed by atoms with Crippen LogP contribution >= 0.6 is 0 Å². The Kier molecular flexibility index (Phi) is 4.06. The van der Waals surface area contributed by atoms with E-state index in [9.17, 15) is 13.2 Å². The highest BCUT2D eigenvalue weighted by Gasteiger charge is 2.26. The van der Waals surface area contributed by atoms with Gasteiger partial charge in [-0.05, 0) is 19.8 Å². The molecule has 1 rings (SSSR count). The van der Waals surface area contributed by atoms with Crippen LogP contribution in [-0.2, 0) is 19.6 Å². The lowest BCUT2D eigenvalue weighted by Crippen LogP contribution is -2.41. The molecule has 0 radical (unpaired) electrons. The molecule has 6 nitrogen and oxygen atoms in total. The number of hydrogen-bond donors (Lipinski definition) is 2. The van der Waals surface area contributed by atoms with Crippen molar-refractivity contribution >= 4 is 16.0 Å². The predicted molar refractivity (Wildman–Crippen MR) is 53.0 cm³/mol. The molecule has 0 aromatic rings. The Morgan fingerprint density at radius 1 is 1.67 bits per heavy atom. The van der Waals surface area contributed by atoms with Crippen molar-refractivity contribution in [3.8, 4) is 0 Å². The van der Waals surface area contributed by atoms with Gasteiger partial charge in [0.25, 0.3) is 0 Å². The number of nitrogens with one attached hydrogen (secondary N) is 1. The van der Waals surface area contributed by atoms with E-state index in [2.05, 4.69) is 4.72 Å². The fourth-order valence-electron chi connectivity index (χ4n) is 1.39. The summed E-state index contributed by atoms with van der Waals surface area (Å²) in [6, 6.07) is -1.10. The highest BCUT2D eigenvalue weighted by atomic mass is 32.2. The van der Waals surface area contributed by atoms with E-state index in [0.717, 1.165) is 6.42 Å². The fourth-order valence-corrected chi connectivity index (χ4v) is 2.88. The number of carboxylic acid groups (broad SMARTS) is 1. The number of hydrogen-bond acceptors (Lipinski definition) is 4. The minimum absolute atomic E-state index is 0.162. The Balaban J connectivity index is 2.47.